The van der Waals surface area contributed by atoms with Crippen LogP contribution in [0.15, 0.2) is 42.0 Å². The smallest absolute Gasteiger partial charge is 0.133 e. The first-order chi connectivity index (χ1) is 8.18. The van der Waals surface area contributed by atoms with E-state index < -0.39 is 6.10 Å². The van der Waals surface area contributed by atoms with Crippen molar-refractivity contribution in [1.82, 2.24) is 0 Å². The molecule has 0 heterocycles. The van der Waals surface area contributed by atoms with Gasteiger partial charge in [0, 0.05) is 5.92 Å². The number of benzene rings is 1. The van der Waals surface area contributed by atoms with E-state index in [-0.39, 0.29) is 11.7 Å². The molecule has 2 heteroatoms. The van der Waals surface area contributed by atoms with Gasteiger partial charge in [0.15, 0.2) is 0 Å². The lowest BCUT2D eigenvalue weighted by Gasteiger charge is -2.23. The molecule has 0 unspecified atom stereocenters. The summed E-state index contributed by atoms with van der Waals surface area (Å²) in [6, 6.07) is 9.67. The number of carbonyl (C=O) groups excluding carboxylic acids is 1. The van der Waals surface area contributed by atoms with Crippen molar-refractivity contribution in [2.24, 2.45) is 5.92 Å². The van der Waals surface area contributed by atoms with E-state index in [0.29, 0.717) is 0 Å². The highest BCUT2D eigenvalue weighted by Crippen LogP contribution is 2.32. The number of carbonyl (C=O) groups is 1. The fourth-order valence-corrected chi connectivity index (χ4v) is 2.32. The quantitative estimate of drug-likeness (QED) is 0.810. The molecular formula is C15H18O2. The standard InChI is InChI=1S/C15H18O2/c1-11(16)12-7-9-14(10-8-12)15(17)13-5-3-2-4-6-13/h2-6,9,12,15,17H,7-8,10H2,1H3/t12-,15-/m0/s1. The molecule has 0 aromatic heterocycles. The van der Waals surface area contributed by atoms with Crippen molar-refractivity contribution in [3.63, 3.8) is 0 Å². The van der Waals surface area contributed by atoms with Gasteiger partial charge in [0.25, 0.3) is 0 Å². The Kier molecular flexibility index (Phi) is 3.75. The summed E-state index contributed by atoms with van der Waals surface area (Å²) in [5, 5.41) is 10.2. The van der Waals surface area contributed by atoms with Crippen LogP contribution in [0.5, 0.6) is 0 Å². The Labute approximate surface area is 102 Å². The number of Topliss-reactive ketones (excluding diaryl/α,β-unsaturated/α-hetero) is 1. The lowest BCUT2D eigenvalue weighted by molar-refractivity contribution is -0.120. The summed E-state index contributed by atoms with van der Waals surface area (Å²) in [6.07, 6.45) is 3.98. The van der Waals surface area contributed by atoms with E-state index in [2.05, 4.69) is 0 Å². The minimum absolute atomic E-state index is 0.154. The summed E-state index contributed by atoms with van der Waals surface area (Å²) in [6.45, 7) is 1.65. The summed E-state index contributed by atoms with van der Waals surface area (Å²) in [5.41, 5.74) is 1.98. The fraction of sp³-hybridized carbons (Fsp3) is 0.400. The molecule has 1 aromatic carbocycles. The maximum atomic E-state index is 11.3. The Morgan fingerprint density at radius 1 is 1.35 bits per heavy atom. The van der Waals surface area contributed by atoms with Gasteiger partial charge in [-0.15, -0.1) is 0 Å². The van der Waals surface area contributed by atoms with Crippen LogP contribution in [0.1, 0.15) is 37.9 Å². The molecule has 90 valence electrons. The van der Waals surface area contributed by atoms with E-state index in [1.165, 1.54) is 0 Å². The molecular weight excluding hydrogens is 212 g/mol. The summed E-state index contributed by atoms with van der Waals surface area (Å²) in [7, 11) is 0. The highest BCUT2D eigenvalue weighted by atomic mass is 16.3. The predicted molar refractivity (Wildman–Crippen MR) is 67.5 cm³/mol. The second-order valence-electron chi connectivity index (χ2n) is 4.67. The van der Waals surface area contributed by atoms with Crippen LogP contribution in [0.25, 0.3) is 0 Å². The van der Waals surface area contributed by atoms with Crippen LogP contribution < -0.4 is 0 Å². The minimum atomic E-state index is -0.510. The lowest BCUT2D eigenvalue weighted by Crippen LogP contribution is -2.16. The number of aliphatic hydroxyl groups is 1. The third-order valence-corrected chi connectivity index (χ3v) is 3.49. The highest BCUT2D eigenvalue weighted by molar-refractivity contribution is 5.78. The van der Waals surface area contributed by atoms with Gasteiger partial charge in [-0.25, -0.2) is 0 Å². The third-order valence-electron chi connectivity index (χ3n) is 3.49. The molecule has 0 bridgehead atoms. The van der Waals surface area contributed by atoms with Crippen molar-refractivity contribution in [2.45, 2.75) is 32.3 Å². The Balaban J connectivity index is 2.07. The molecule has 0 radical (unpaired) electrons. The van der Waals surface area contributed by atoms with Gasteiger partial charge in [0.05, 0.1) is 0 Å². The molecule has 0 fully saturated rings. The van der Waals surface area contributed by atoms with Gasteiger partial charge in [-0.2, -0.15) is 0 Å². The summed E-state index contributed by atoms with van der Waals surface area (Å²) in [4.78, 5) is 11.3. The fourth-order valence-electron chi connectivity index (χ4n) is 2.32. The van der Waals surface area contributed by atoms with Gasteiger partial charge in [-0.3, -0.25) is 4.79 Å². The molecule has 2 atom stereocenters. The van der Waals surface area contributed by atoms with Crippen LogP contribution in [0.3, 0.4) is 0 Å². The summed E-state index contributed by atoms with van der Waals surface area (Å²) in [5.74, 6) is 0.413. The Morgan fingerprint density at radius 3 is 2.59 bits per heavy atom. The zero-order chi connectivity index (χ0) is 12.3. The highest BCUT2D eigenvalue weighted by Gasteiger charge is 2.22. The Hall–Kier alpha value is -1.41. The molecule has 0 saturated carbocycles. The van der Waals surface area contributed by atoms with Gasteiger partial charge in [0.2, 0.25) is 0 Å². The molecule has 1 aliphatic rings. The van der Waals surface area contributed by atoms with Crippen LogP contribution in [0.4, 0.5) is 0 Å². The monoisotopic (exact) mass is 230 g/mol. The summed E-state index contributed by atoms with van der Waals surface area (Å²) >= 11 is 0. The molecule has 0 saturated heterocycles. The lowest BCUT2D eigenvalue weighted by atomic mass is 9.84. The largest absolute Gasteiger partial charge is 0.384 e. The van der Waals surface area contributed by atoms with Crippen LogP contribution >= 0.6 is 0 Å². The zero-order valence-electron chi connectivity index (χ0n) is 10.1. The zero-order valence-corrected chi connectivity index (χ0v) is 10.1. The molecule has 2 rings (SSSR count). The van der Waals surface area contributed by atoms with E-state index in [9.17, 15) is 9.90 Å². The molecule has 0 aliphatic heterocycles. The van der Waals surface area contributed by atoms with E-state index in [0.717, 1.165) is 30.4 Å². The average Bonchev–Trinajstić information content (AvgIpc) is 2.39. The van der Waals surface area contributed by atoms with E-state index in [4.69, 9.17) is 0 Å². The summed E-state index contributed by atoms with van der Waals surface area (Å²) < 4.78 is 0. The van der Waals surface area contributed by atoms with E-state index >= 15 is 0 Å². The number of aliphatic hydroxyl groups excluding tert-OH is 1. The SMILES string of the molecule is CC(=O)[C@H]1CC=C([C@@H](O)c2ccccc2)CC1. The molecule has 0 amide bonds. The van der Waals surface area contributed by atoms with Gasteiger partial charge >= 0.3 is 0 Å². The molecule has 1 aliphatic carbocycles. The molecule has 1 N–H and O–H groups in total. The normalized spacial score (nSPS) is 21.8. The first-order valence-corrected chi connectivity index (χ1v) is 6.11. The average molecular weight is 230 g/mol. The number of ketones is 1. The number of hydrogen-bond donors (Lipinski definition) is 1. The van der Waals surface area contributed by atoms with Crippen LogP contribution in [0.2, 0.25) is 0 Å². The second kappa shape index (κ2) is 5.28. The maximum Gasteiger partial charge on any atom is 0.133 e. The van der Waals surface area contributed by atoms with Crippen molar-refractivity contribution < 1.29 is 9.90 Å². The van der Waals surface area contributed by atoms with Gasteiger partial charge in [-0.1, -0.05) is 36.4 Å². The van der Waals surface area contributed by atoms with Crippen LogP contribution in [-0.4, -0.2) is 10.9 Å². The van der Waals surface area contributed by atoms with Gasteiger partial charge in [0.1, 0.15) is 11.9 Å². The van der Waals surface area contributed by atoms with Crippen LogP contribution in [0, 0.1) is 5.92 Å². The number of allylic oxidation sites excluding steroid dienone is 1. The van der Waals surface area contributed by atoms with E-state index in [1.807, 2.05) is 36.4 Å². The predicted octanol–water partition coefficient (Wildman–Crippen LogP) is 3.04. The van der Waals surface area contributed by atoms with Gasteiger partial charge in [-0.05, 0) is 37.3 Å². The number of hydrogen-bond acceptors (Lipinski definition) is 2. The first kappa shape index (κ1) is 12.1. The van der Waals surface area contributed by atoms with Gasteiger partial charge < -0.3 is 5.11 Å². The van der Waals surface area contributed by atoms with Crippen molar-refractivity contribution in [1.29, 1.82) is 0 Å². The minimum Gasteiger partial charge on any atom is -0.384 e. The van der Waals surface area contributed by atoms with E-state index in [1.54, 1.807) is 6.92 Å². The van der Waals surface area contributed by atoms with Crippen molar-refractivity contribution >= 4 is 5.78 Å². The number of rotatable bonds is 3. The van der Waals surface area contributed by atoms with Crippen LogP contribution in [-0.2, 0) is 4.79 Å². The molecule has 1 aromatic rings. The third kappa shape index (κ3) is 2.83. The molecule has 17 heavy (non-hydrogen) atoms. The first-order valence-electron chi connectivity index (χ1n) is 6.11. The van der Waals surface area contributed by atoms with Crippen molar-refractivity contribution in [3.05, 3.63) is 47.5 Å². The topological polar surface area (TPSA) is 37.3 Å². The molecule has 0 spiro atoms. The maximum absolute atomic E-state index is 11.3. The Morgan fingerprint density at radius 2 is 2.06 bits per heavy atom. The van der Waals surface area contributed by atoms with Crippen molar-refractivity contribution in [2.75, 3.05) is 0 Å². The Bertz CT molecular complexity index is 420. The second-order valence-corrected chi connectivity index (χ2v) is 4.67. The molecule has 2 nitrogen and oxygen atoms in total. The van der Waals surface area contributed by atoms with Crippen molar-refractivity contribution in [3.8, 4) is 0 Å².